The number of likely N-dealkylation sites (tertiary alicyclic amines) is 1. The van der Waals surface area contributed by atoms with Crippen LogP contribution in [0.25, 0.3) is 6.08 Å². The lowest BCUT2D eigenvalue weighted by Crippen LogP contribution is -2.29. The van der Waals surface area contributed by atoms with Gasteiger partial charge in [0.2, 0.25) is 11.8 Å². The number of carbonyl (C=O) groups excluding carboxylic acids is 1. The van der Waals surface area contributed by atoms with Crippen molar-refractivity contribution in [2.45, 2.75) is 19.4 Å². The molecule has 3 rings (SSSR count). The predicted molar refractivity (Wildman–Crippen MR) is 90.1 cm³/mol. The van der Waals surface area contributed by atoms with Crippen molar-refractivity contribution in [3.8, 4) is 5.88 Å². The van der Waals surface area contributed by atoms with Crippen LogP contribution < -0.4 is 4.74 Å². The van der Waals surface area contributed by atoms with Crippen LogP contribution in [0.1, 0.15) is 17.5 Å². The lowest BCUT2D eigenvalue weighted by Gasteiger charge is -2.15. The fourth-order valence-corrected chi connectivity index (χ4v) is 2.56. The molecule has 2 aromatic rings. The molecular weight excluding hydrogens is 288 g/mol. The Labute approximate surface area is 136 Å². The molecule has 2 heterocycles. The third-order valence-electron chi connectivity index (χ3n) is 3.85. The third-order valence-corrected chi connectivity index (χ3v) is 3.85. The standard InChI is InChI=1S/C19H20N2O2/c1-15-7-9-18(20-13-15)23-17-11-12-21(14-17)19(22)10-8-16-5-3-2-4-6-16/h2-10,13,17H,11-12,14H2,1H3/b10-8+. The van der Waals surface area contributed by atoms with Crippen LogP contribution in [-0.2, 0) is 4.79 Å². The van der Waals surface area contributed by atoms with Gasteiger partial charge in [-0.05, 0) is 24.1 Å². The van der Waals surface area contributed by atoms with Gasteiger partial charge < -0.3 is 9.64 Å². The summed E-state index contributed by atoms with van der Waals surface area (Å²) in [6, 6.07) is 13.7. The van der Waals surface area contributed by atoms with Gasteiger partial charge in [0.15, 0.2) is 0 Å². The van der Waals surface area contributed by atoms with Crippen molar-refractivity contribution in [3.05, 3.63) is 65.9 Å². The first-order valence-electron chi connectivity index (χ1n) is 7.82. The van der Waals surface area contributed by atoms with Crippen molar-refractivity contribution in [2.24, 2.45) is 0 Å². The van der Waals surface area contributed by atoms with Crippen molar-refractivity contribution < 1.29 is 9.53 Å². The SMILES string of the molecule is Cc1ccc(OC2CCN(C(=O)/C=C/c3ccccc3)C2)nc1. The molecule has 23 heavy (non-hydrogen) atoms. The van der Waals surface area contributed by atoms with E-state index in [2.05, 4.69) is 4.98 Å². The Balaban J connectivity index is 1.53. The molecule has 0 saturated carbocycles. The number of aryl methyl sites for hydroxylation is 1. The van der Waals surface area contributed by atoms with Gasteiger partial charge in [0.1, 0.15) is 6.10 Å². The summed E-state index contributed by atoms with van der Waals surface area (Å²) in [5, 5.41) is 0. The van der Waals surface area contributed by atoms with Crippen LogP contribution in [0.3, 0.4) is 0 Å². The molecule has 1 aliphatic rings. The maximum atomic E-state index is 12.2. The van der Waals surface area contributed by atoms with E-state index in [4.69, 9.17) is 4.74 Å². The zero-order valence-electron chi connectivity index (χ0n) is 13.2. The monoisotopic (exact) mass is 308 g/mol. The zero-order valence-corrected chi connectivity index (χ0v) is 13.2. The van der Waals surface area contributed by atoms with Crippen LogP contribution in [0.15, 0.2) is 54.7 Å². The highest BCUT2D eigenvalue weighted by atomic mass is 16.5. The molecule has 4 heteroatoms. The van der Waals surface area contributed by atoms with Crippen LogP contribution >= 0.6 is 0 Å². The van der Waals surface area contributed by atoms with Crippen LogP contribution in [0.4, 0.5) is 0 Å². The van der Waals surface area contributed by atoms with Crippen LogP contribution in [0.2, 0.25) is 0 Å². The maximum Gasteiger partial charge on any atom is 0.246 e. The Morgan fingerprint density at radius 3 is 2.83 bits per heavy atom. The van der Waals surface area contributed by atoms with Crippen molar-refractivity contribution in [3.63, 3.8) is 0 Å². The van der Waals surface area contributed by atoms with Crippen molar-refractivity contribution >= 4 is 12.0 Å². The van der Waals surface area contributed by atoms with E-state index in [0.29, 0.717) is 19.0 Å². The molecular formula is C19H20N2O2. The second-order valence-corrected chi connectivity index (χ2v) is 5.73. The Kier molecular flexibility index (Phi) is 4.71. The first-order valence-corrected chi connectivity index (χ1v) is 7.82. The molecule has 1 aromatic carbocycles. The molecule has 1 saturated heterocycles. The summed E-state index contributed by atoms with van der Waals surface area (Å²) in [5.41, 5.74) is 2.13. The summed E-state index contributed by atoms with van der Waals surface area (Å²) >= 11 is 0. The van der Waals surface area contributed by atoms with Crippen LogP contribution in [0, 0.1) is 6.92 Å². The number of pyridine rings is 1. The number of aromatic nitrogens is 1. The van der Waals surface area contributed by atoms with Crippen LogP contribution in [-0.4, -0.2) is 35.0 Å². The Hall–Kier alpha value is -2.62. The fraction of sp³-hybridized carbons (Fsp3) is 0.263. The van der Waals surface area contributed by atoms with Gasteiger partial charge in [-0.1, -0.05) is 36.4 Å². The summed E-state index contributed by atoms with van der Waals surface area (Å²) in [4.78, 5) is 18.3. The van der Waals surface area contributed by atoms with Gasteiger partial charge in [0.25, 0.3) is 0 Å². The van der Waals surface area contributed by atoms with Crippen LogP contribution in [0.5, 0.6) is 5.88 Å². The molecule has 0 bridgehead atoms. The molecule has 1 atom stereocenters. The highest BCUT2D eigenvalue weighted by molar-refractivity contribution is 5.92. The average Bonchev–Trinajstić information content (AvgIpc) is 3.04. The average molecular weight is 308 g/mol. The van der Waals surface area contributed by atoms with Gasteiger partial charge in [0, 0.05) is 31.3 Å². The molecule has 0 radical (unpaired) electrons. The molecule has 0 N–H and O–H groups in total. The van der Waals surface area contributed by atoms with Gasteiger partial charge in [-0.15, -0.1) is 0 Å². The highest BCUT2D eigenvalue weighted by Gasteiger charge is 2.26. The van der Waals surface area contributed by atoms with E-state index in [1.165, 1.54) is 0 Å². The van der Waals surface area contributed by atoms with Crippen molar-refractivity contribution in [2.75, 3.05) is 13.1 Å². The minimum Gasteiger partial charge on any atom is -0.472 e. The molecule has 1 fully saturated rings. The number of nitrogens with zero attached hydrogens (tertiary/aromatic N) is 2. The number of ether oxygens (including phenoxy) is 1. The fourth-order valence-electron chi connectivity index (χ4n) is 2.56. The topological polar surface area (TPSA) is 42.4 Å². The number of hydrogen-bond donors (Lipinski definition) is 0. The lowest BCUT2D eigenvalue weighted by atomic mass is 10.2. The summed E-state index contributed by atoms with van der Waals surface area (Å²) in [6.45, 7) is 3.31. The molecule has 1 aliphatic heterocycles. The highest BCUT2D eigenvalue weighted by Crippen LogP contribution is 2.17. The van der Waals surface area contributed by atoms with E-state index in [1.54, 1.807) is 12.3 Å². The van der Waals surface area contributed by atoms with Gasteiger partial charge in [-0.3, -0.25) is 4.79 Å². The first kappa shape index (κ1) is 15.3. The van der Waals surface area contributed by atoms with Crippen molar-refractivity contribution in [1.82, 2.24) is 9.88 Å². The largest absolute Gasteiger partial charge is 0.472 e. The van der Waals surface area contributed by atoms with Crippen molar-refractivity contribution in [1.29, 1.82) is 0 Å². The predicted octanol–water partition coefficient (Wildman–Crippen LogP) is 3.08. The Bertz CT molecular complexity index is 680. The smallest absolute Gasteiger partial charge is 0.246 e. The number of carbonyl (C=O) groups is 1. The van der Waals surface area contributed by atoms with Gasteiger partial charge >= 0.3 is 0 Å². The lowest BCUT2D eigenvalue weighted by molar-refractivity contribution is -0.125. The zero-order chi connectivity index (χ0) is 16.1. The molecule has 0 spiro atoms. The molecule has 1 unspecified atom stereocenters. The molecule has 1 amide bonds. The van der Waals surface area contributed by atoms with Gasteiger partial charge in [0.05, 0.1) is 6.54 Å². The minimum atomic E-state index is 0.0132. The summed E-state index contributed by atoms with van der Waals surface area (Å²) in [7, 11) is 0. The summed E-state index contributed by atoms with van der Waals surface area (Å²) < 4.78 is 5.84. The second kappa shape index (κ2) is 7.09. The quantitative estimate of drug-likeness (QED) is 0.815. The number of hydrogen-bond acceptors (Lipinski definition) is 3. The molecule has 4 nitrogen and oxygen atoms in total. The van der Waals surface area contributed by atoms with E-state index in [9.17, 15) is 4.79 Å². The minimum absolute atomic E-state index is 0.0132. The maximum absolute atomic E-state index is 12.2. The van der Waals surface area contributed by atoms with Gasteiger partial charge in [-0.2, -0.15) is 0 Å². The molecule has 0 aliphatic carbocycles. The summed E-state index contributed by atoms with van der Waals surface area (Å²) in [6.07, 6.45) is 6.11. The number of benzene rings is 1. The number of rotatable bonds is 4. The van der Waals surface area contributed by atoms with E-state index < -0.39 is 0 Å². The second-order valence-electron chi connectivity index (χ2n) is 5.73. The van der Waals surface area contributed by atoms with E-state index in [-0.39, 0.29) is 12.0 Å². The molecule has 1 aromatic heterocycles. The number of amides is 1. The van der Waals surface area contributed by atoms with E-state index >= 15 is 0 Å². The Morgan fingerprint density at radius 1 is 1.26 bits per heavy atom. The summed E-state index contributed by atoms with van der Waals surface area (Å²) in [5.74, 6) is 0.645. The molecule has 118 valence electrons. The Morgan fingerprint density at radius 2 is 2.09 bits per heavy atom. The van der Waals surface area contributed by atoms with E-state index in [1.807, 2.05) is 60.4 Å². The van der Waals surface area contributed by atoms with E-state index in [0.717, 1.165) is 17.5 Å². The normalized spacial score (nSPS) is 17.6. The third kappa shape index (κ3) is 4.19. The first-order chi connectivity index (χ1) is 11.2. The van der Waals surface area contributed by atoms with Gasteiger partial charge in [-0.25, -0.2) is 4.98 Å².